The molecule has 1 aromatic heterocycles. The van der Waals surface area contributed by atoms with Crippen LogP contribution in [0, 0.1) is 0 Å². The summed E-state index contributed by atoms with van der Waals surface area (Å²) in [7, 11) is 1.66. The van der Waals surface area contributed by atoms with Crippen LogP contribution in [0.4, 0.5) is 0 Å². The molecule has 0 aliphatic heterocycles. The number of benzene rings is 3. The van der Waals surface area contributed by atoms with Gasteiger partial charge in [0, 0.05) is 11.1 Å². The van der Waals surface area contributed by atoms with Crippen molar-refractivity contribution in [2.75, 3.05) is 13.0 Å². The highest BCUT2D eigenvalue weighted by Crippen LogP contribution is 2.32. The minimum Gasteiger partial charge on any atom is -0.496 e. The Bertz CT molecular complexity index is 1080. The number of nitrogens with two attached hydrogens (primary N) is 1. The molecule has 28 heavy (non-hydrogen) atoms. The number of nitrogen functional groups attached to an aromatic ring is 1. The van der Waals surface area contributed by atoms with E-state index in [-0.39, 0.29) is 6.61 Å². The van der Waals surface area contributed by atoms with E-state index in [1.165, 1.54) is 4.91 Å². The van der Waals surface area contributed by atoms with E-state index in [0.717, 1.165) is 39.4 Å². The van der Waals surface area contributed by atoms with E-state index in [2.05, 4.69) is 11.2 Å². The lowest BCUT2D eigenvalue weighted by Gasteiger charge is -2.23. The summed E-state index contributed by atoms with van der Waals surface area (Å²) >= 11 is 0. The van der Waals surface area contributed by atoms with Crippen molar-refractivity contribution in [3.05, 3.63) is 83.9 Å². The summed E-state index contributed by atoms with van der Waals surface area (Å²) in [5, 5.41) is 13.7. The van der Waals surface area contributed by atoms with E-state index in [4.69, 9.17) is 10.6 Å². The van der Waals surface area contributed by atoms with Crippen LogP contribution in [0.5, 0.6) is 5.75 Å². The average Bonchev–Trinajstić information content (AvgIpc) is 2.76. The molecule has 6 heteroatoms. The number of ether oxygens (including phenoxy) is 1. The second kappa shape index (κ2) is 7.62. The Balaban J connectivity index is 1.73. The van der Waals surface area contributed by atoms with Crippen molar-refractivity contribution < 1.29 is 9.84 Å². The predicted octanol–water partition coefficient (Wildman–Crippen LogP) is 3.28. The number of nitrogens with zero attached hydrogens (tertiary/aromatic N) is 3. The molecule has 0 bridgehead atoms. The second-order valence-electron chi connectivity index (χ2n) is 6.51. The maximum Gasteiger partial charge on any atom is 0.182 e. The summed E-state index contributed by atoms with van der Waals surface area (Å²) in [5.41, 5.74) is 5.02. The van der Waals surface area contributed by atoms with Gasteiger partial charge in [0.2, 0.25) is 0 Å². The fraction of sp³-hybridized carbons (Fsp3) is 0.136. The molecule has 6 nitrogen and oxygen atoms in total. The van der Waals surface area contributed by atoms with Crippen LogP contribution in [0.2, 0.25) is 0 Å². The van der Waals surface area contributed by atoms with Crippen LogP contribution in [0.3, 0.4) is 0 Å². The van der Waals surface area contributed by atoms with Crippen molar-refractivity contribution in [1.82, 2.24) is 14.7 Å². The first-order valence-electron chi connectivity index (χ1n) is 9.03. The molecule has 0 aliphatic carbocycles. The molecule has 0 unspecified atom stereocenters. The van der Waals surface area contributed by atoms with E-state index in [1.54, 1.807) is 7.11 Å². The number of aliphatic hydroxyl groups is 1. The van der Waals surface area contributed by atoms with Gasteiger partial charge in [-0.1, -0.05) is 66.7 Å². The van der Waals surface area contributed by atoms with E-state index in [0.29, 0.717) is 6.54 Å². The van der Waals surface area contributed by atoms with Gasteiger partial charge in [0.15, 0.2) is 5.82 Å². The SMILES string of the molecule is COc1ccccc1Cn1c(-c2ccccc2-c2ccc(CO)cc2)nn1N. The highest BCUT2D eigenvalue weighted by molar-refractivity contribution is 5.80. The number of hydrogen-bond donors (Lipinski definition) is 2. The molecule has 4 rings (SSSR count). The molecule has 3 N–H and O–H groups in total. The number of aliphatic hydroxyl groups excluding tert-OH is 1. The summed E-state index contributed by atoms with van der Waals surface area (Å²) in [5.74, 6) is 7.64. The maximum absolute atomic E-state index is 9.28. The molecule has 142 valence electrons. The number of rotatable bonds is 6. The predicted molar refractivity (Wildman–Crippen MR) is 109 cm³/mol. The van der Waals surface area contributed by atoms with E-state index in [9.17, 15) is 5.11 Å². The third-order valence-electron chi connectivity index (χ3n) is 4.82. The Morgan fingerprint density at radius 2 is 1.61 bits per heavy atom. The number of para-hydroxylation sites is 1. The lowest BCUT2D eigenvalue weighted by Crippen LogP contribution is -2.35. The van der Waals surface area contributed by atoms with Crippen molar-refractivity contribution in [2.45, 2.75) is 13.2 Å². The minimum absolute atomic E-state index is 0.0312. The van der Waals surface area contributed by atoms with Crippen LogP contribution in [-0.4, -0.2) is 26.9 Å². The molecule has 0 aliphatic rings. The first-order chi connectivity index (χ1) is 13.7. The first kappa shape index (κ1) is 17.9. The van der Waals surface area contributed by atoms with Crippen LogP contribution in [0.1, 0.15) is 11.1 Å². The molecular weight excluding hydrogens is 352 g/mol. The molecule has 0 saturated carbocycles. The zero-order valence-corrected chi connectivity index (χ0v) is 15.6. The van der Waals surface area contributed by atoms with Gasteiger partial charge in [-0.2, -0.15) is 0 Å². The van der Waals surface area contributed by atoms with Crippen molar-refractivity contribution >= 4 is 0 Å². The molecule has 4 aromatic rings. The quantitative estimate of drug-likeness (QED) is 0.508. The van der Waals surface area contributed by atoms with Crippen molar-refractivity contribution in [1.29, 1.82) is 0 Å². The summed E-state index contributed by atoms with van der Waals surface area (Å²) in [6.45, 7) is 0.584. The first-order valence-corrected chi connectivity index (χ1v) is 9.03. The van der Waals surface area contributed by atoms with Crippen LogP contribution < -0.4 is 10.6 Å². The van der Waals surface area contributed by atoms with Crippen molar-refractivity contribution in [3.63, 3.8) is 0 Å². The van der Waals surface area contributed by atoms with E-state index >= 15 is 0 Å². The second-order valence-corrected chi connectivity index (χ2v) is 6.51. The minimum atomic E-state index is 0.0312. The van der Waals surface area contributed by atoms with Gasteiger partial charge in [-0.15, -0.1) is 10.0 Å². The van der Waals surface area contributed by atoms with Crippen molar-refractivity contribution in [3.8, 4) is 28.3 Å². The molecule has 0 saturated heterocycles. The van der Waals surface area contributed by atoms with Gasteiger partial charge in [0.1, 0.15) is 5.75 Å². The monoisotopic (exact) mass is 374 g/mol. The van der Waals surface area contributed by atoms with Gasteiger partial charge in [0.05, 0.1) is 20.3 Å². The highest BCUT2D eigenvalue weighted by Gasteiger charge is 2.19. The third kappa shape index (κ3) is 3.25. The highest BCUT2D eigenvalue weighted by atomic mass is 16.5. The molecule has 0 spiro atoms. The topological polar surface area (TPSA) is 78.2 Å². The molecule has 0 atom stereocenters. The molecule has 0 amide bonds. The van der Waals surface area contributed by atoms with Crippen LogP contribution in [-0.2, 0) is 13.2 Å². The summed E-state index contributed by atoms with van der Waals surface area (Å²) in [6.07, 6.45) is 0. The maximum atomic E-state index is 9.28. The van der Waals surface area contributed by atoms with E-state index in [1.807, 2.05) is 71.4 Å². The number of aromatic nitrogens is 3. The van der Waals surface area contributed by atoms with Gasteiger partial charge >= 0.3 is 0 Å². The Morgan fingerprint density at radius 3 is 2.29 bits per heavy atom. The summed E-state index contributed by atoms with van der Waals surface area (Å²) < 4.78 is 7.38. The van der Waals surface area contributed by atoms with Crippen molar-refractivity contribution in [2.24, 2.45) is 0 Å². The lowest BCUT2D eigenvalue weighted by molar-refractivity contribution is 0.282. The Kier molecular flexibility index (Phi) is 4.87. The summed E-state index contributed by atoms with van der Waals surface area (Å²) in [4.78, 5) is 1.35. The molecular formula is C22H22N4O2. The molecule has 0 radical (unpaired) electrons. The largest absolute Gasteiger partial charge is 0.496 e. The Morgan fingerprint density at radius 1 is 0.929 bits per heavy atom. The Hall–Kier alpha value is -3.51. The zero-order valence-electron chi connectivity index (χ0n) is 15.6. The smallest absolute Gasteiger partial charge is 0.182 e. The fourth-order valence-corrected chi connectivity index (χ4v) is 3.32. The fourth-order valence-electron chi connectivity index (χ4n) is 3.32. The number of hydrogen-bond acceptors (Lipinski definition) is 4. The standard InChI is InChI=1S/C22H22N4O2/c1-28-21-9-5-2-6-18(21)14-25-22(24-26(25)23)20-8-4-3-7-19(20)17-12-10-16(15-27)11-13-17/h2-13,27H,14-15,23H2,1H3. The molecule has 1 heterocycles. The number of methoxy groups -OCH3 is 1. The van der Waals surface area contributed by atoms with Gasteiger partial charge in [-0.05, 0) is 22.8 Å². The third-order valence-corrected chi connectivity index (χ3v) is 4.82. The molecule has 3 aromatic carbocycles. The lowest BCUT2D eigenvalue weighted by atomic mass is 9.98. The molecule has 0 fully saturated rings. The van der Waals surface area contributed by atoms with Crippen LogP contribution in [0.15, 0.2) is 72.8 Å². The van der Waals surface area contributed by atoms with Gasteiger partial charge < -0.3 is 15.7 Å². The Labute approximate surface area is 163 Å². The van der Waals surface area contributed by atoms with Crippen LogP contribution >= 0.6 is 0 Å². The normalized spacial score (nSPS) is 10.9. The van der Waals surface area contributed by atoms with E-state index < -0.39 is 0 Å². The average molecular weight is 374 g/mol. The van der Waals surface area contributed by atoms with Gasteiger partial charge in [-0.3, -0.25) is 0 Å². The van der Waals surface area contributed by atoms with Gasteiger partial charge in [-0.25, -0.2) is 4.68 Å². The zero-order chi connectivity index (χ0) is 19.5. The van der Waals surface area contributed by atoms with Gasteiger partial charge in [0.25, 0.3) is 0 Å². The summed E-state index contributed by atoms with van der Waals surface area (Å²) in [6, 6.07) is 23.8. The van der Waals surface area contributed by atoms with Crippen LogP contribution in [0.25, 0.3) is 22.5 Å².